The minimum absolute atomic E-state index is 0.0154. The van der Waals surface area contributed by atoms with Crippen molar-refractivity contribution < 1.29 is 4.39 Å². The van der Waals surface area contributed by atoms with Crippen LogP contribution in [0, 0.1) is 5.82 Å². The Morgan fingerprint density at radius 1 is 1.25 bits per heavy atom. The first-order valence-electron chi connectivity index (χ1n) is 7.35. The van der Waals surface area contributed by atoms with Crippen molar-refractivity contribution in [1.29, 1.82) is 0 Å². The number of nitrogens with zero attached hydrogens (tertiary/aromatic N) is 4. The standard InChI is InChI=1S/C16H12ClFN4O2/c1-21-16(24)11-4-14(23)22(7-12(11)15(17)20-21)13-3-10(13)8-2-9(18)6-19-5-8/h2,4-7,10,13H,3H2,1H3/t10-,13+/m1/s1. The van der Waals surface area contributed by atoms with Gasteiger partial charge in [0.15, 0.2) is 5.15 Å². The highest BCUT2D eigenvalue weighted by Gasteiger charge is 2.41. The molecule has 0 unspecified atom stereocenters. The summed E-state index contributed by atoms with van der Waals surface area (Å²) < 4.78 is 16.0. The molecule has 6 nitrogen and oxygen atoms in total. The second-order valence-electron chi connectivity index (χ2n) is 5.91. The second kappa shape index (κ2) is 5.24. The van der Waals surface area contributed by atoms with Crippen LogP contribution in [0.4, 0.5) is 4.39 Å². The predicted molar refractivity (Wildman–Crippen MR) is 86.8 cm³/mol. The topological polar surface area (TPSA) is 69.8 Å². The summed E-state index contributed by atoms with van der Waals surface area (Å²) in [6, 6.07) is 2.60. The van der Waals surface area contributed by atoms with Crippen molar-refractivity contribution in [1.82, 2.24) is 19.3 Å². The average Bonchev–Trinajstić information content (AvgIpc) is 3.33. The van der Waals surface area contributed by atoms with Crippen molar-refractivity contribution in [2.45, 2.75) is 18.4 Å². The van der Waals surface area contributed by atoms with Crippen molar-refractivity contribution in [3.05, 3.63) is 68.0 Å². The van der Waals surface area contributed by atoms with Gasteiger partial charge in [0, 0.05) is 42.9 Å². The third-order valence-corrected chi connectivity index (χ3v) is 4.61. The SMILES string of the molecule is Cn1nc(Cl)c2cn([C@H]3C[C@@H]3c3cncc(F)c3)c(=O)cc2c1=O. The lowest BCUT2D eigenvalue weighted by Gasteiger charge is -2.08. The van der Waals surface area contributed by atoms with E-state index < -0.39 is 5.82 Å². The van der Waals surface area contributed by atoms with E-state index in [4.69, 9.17) is 11.6 Å². The highest BCUT2D eigenvalue weighted by atomic mass is 35.5. The fourth-order valence-electron chi connectivity index (χ4n) is 3.03. The highest BCUT2D eigenvalue weighted by Crippen LogP contribution is 2.50. The summed E-state index contributed by atoms with van der Waals surface area (Å²) in [6.07, 6.45) is 5.01. The van der Waals surface area contributed by atoms with Crippen LogP contribution in [0.3, 0.4) is 0 Å². The number of fused-ring (bicyclic) bond motifs is 1. The average molecular weight is 347 g/mol. The van der Waals surface area contributed by atoms with Crippen molar-refractivity contribution in [2.75, 3.05) is 0 Å². The van der Waals surface area contributed by atoms with Crippen LogP contribution in [0.25, 0.3) is 10.8 Å². The molecule has 0 N–H and O–H groups in total. The van der Waals surface area contributed by atoms with Crippen LogP contribution < -0.4 is 11.1 Å². The van der Waals surface area contributed by atoms with E-state index in [1.54, 1.807) is 12.4 Å². The first kappa shape index (κ1) is 15.0. The van der Waals surface area contributed by atoms with E-state index in [0.717, 1.165) is 16.4 Å². The largest absolute Gasteiger partial charge is 0.311 e. The van der Waals surface area contributed by atoms with Gasteiger partial charge in [-0.1, -0.05) is 11.6 Å². The Hall–Kier alpha value is -2.54. The van der Waals surface area contributed by atoms with Crippen molar-refractivity contribution >= 4 is 22.4 Å². The van der Waals surface area contributed by atoms with Gasteiger partial charge in [-0.05, 0) is 18.1 Å². The van der Waals surface area contributed by atoms with Gasteiger partial charge in [-0.15, -0.1) is 0 Å². The Labute approximate surface area is 140 Å². The molecule has 0 bridgehead atoms. The van der Waals surface area contributed by atoms with Gasteiger partial charge in [0.1, 0.15) is 5.82 Å². The molecule has 1 fully saturated rings. The number of hydrogen-bond acceptors (Lipinski definition) is 4. The lowest BCUT2D eigenvalue weighted by molar-refractivity contribution is 0.616. The number of aromatic nitrogens is 4. The molecule has 0 spiro atoms. The van der Waals surface area contributed by atoms with Crippen LogP contribution in [0.1, 0.15) is 23.9 Å². The van der Waals surface area contributed by atoms with E-state index in [0.29, 0.717) is 11.8 Å². The molecule has 8 heteroatoms. The van der Waals surface area contributed by atoms with Gasteiger partial charge in [0.2, 0.25) is 0 Å². The van der Waals surface area contributed by atoms with Gasteiger partial charge in [-0.3, -0.25) is 14.6 Å². The molecule has 3 aromatic heterocycles. The molecule has 0 saturated heterocycles. The molecular formula is C16H12ClFN4O2. The molecule has 0 aliphatic heterocycles. The minimum Gasteiger partial charge on any atom is -0.311 e. The molecule has 1 aliphatic carbocycles. The molecule has 3 heterocycles. The van der Waals surface area contributed by atoms with Crippen LogP contribution in [0.15, 0.2) is 40.3 Å². The fourth-order valence-corrected chi connectivity index (χ4v) is 3.30. The molecule has 0 radical (unpaired) electrons. The summed E-state index contributed by atoms with van der Waals surface area (Å²) in [7, 11) is 1.48. The lowest BCUT2D eigenvalue weighted by Crippen LogP contribution is -2.24. The minimum atomic E-state index is -0.403. The molecule has 122 valence electrons. The Balaban J connectivity index is 1.80. The zero-order valence-electron chi connectivity index (χ0n) is 12.6. The number of rotatable bonds is 2. The molecule has 1 aliphatic rings. The lowest BCUT2D eigenvalue weighted by atomic mass is 10.2. The Bertz CT molecular complexity index is 1090. The predicted octanol–water partition coefficient (Wildman–Crippen LogP) is 2.01. The second-order valence-corrected chi connectivity index (χ2v) is 6.27. The summed E-state index contributed by atoms with van der Waals surface area (Å²) in [5, 5.41) is 4.77. The van der Waals surface area contributed by atoms with Gasteiger partial charge in [0.25, 0.3) is 11.1 Å². The van der Waals surface area contributed by atoms with E-state index in [1.807, 2.05) is 0 Å². The maximum atomic E-state index is 13.3. The molecule has 24 heavy (non-hydrogen) atoms. The smallest absolute Gasteiger partial charge is 0.274 e. The first-order valence-corrected chi connectivity index (χ1v) is 7.72. The molecular weight excluding hydrogens is 335 g/mol. The first-order chi connectivity index (χ1) is 11.5. The molecule has 4 rings (SSSR count). The van der Waals surface area contributed by atoms with Crippen LogP contribution in [-0.2, 0) is 7.05 Å². The molecule has 0 aromatic carbocycles. The molecule has 3 aromatic rings. The number of aryl methyl sites for hydroxylation is 1. The van der Waals surface area contributed by atoms with Crippen LogP contribution >= 0.6 is 11.6 Å². The van der Waals surface area contributed by atoms with Crippen LogP contribution in [0.5, 0.6) is 0 Å². The maximum absolute atomic E-state index is 13.3. The summed E-state index contributed by atoms with van der Waals surface area (Å²) >= 11 is 6.11. The van der Waals surface area contributed by atoms with Crippen molar-refractivity contribution in [3.63, 3.8) is 0 Å². The van der Waals surface area contributed by atoms with Gasteiger partial charge >= 0.3 is 0 Å². The van der Waals surface area contributed by atoms with Crippen molar-refractivity contribution in [3.8, 4) is 0 Å². The van der Waals surface area contributed by atoms with E-state index in [-0.39, 0.29) is 33.6 Å². The number of halogens is 2. The summed E-state index contributed by atoms with van der Waals surface area (Å²) in [5.74, 6) is -0.388. The van der Waals surface area contributed by atoms with E-state index >= 15 is 0 Å². The third kappa shape index (κ3) is 2.32. The van der Waals surface area contributed by atoms with Gasteiger partial charge < -0.3 is 4.57 Å². The molecule has 1 saturated carbocycles. The van der Waals surface area contributed by atoms with Crippen LogP contribution in [-0.4, -0.2) is 19.3 Å². The van der Waals surface area contributed by atoms with E-state index in [9.17, 15) is 14.0 Å². The molecule has 0 amide bonds. The van der Waals surface area contributed by atoms with E-state index in [1.165, 1.54) is 23.7 Å². The highest BCUT2D eigenvalue weighted by molar-refractivity contribution is 6.34. The quantitative estimate of drug-likeness (QED) is 0.711. The number of hydrogen-bond donors (Lipinski definition) is 0. The Kier molecular flexibility index (Phi) is 3.28. The maximum Gasteiger partial charge on any atom is 0.274 e. The third-order valence-electron chi connectivity index (χ3n) is 4.33. The van der Waals surface area contributed by atoms with Gasteiger partial charge in [-0.25, -0.2) is 9.07 Å². The van der Waals surface area contributed by atoms with Gasteiger partial charge in [-0.2, -0.15) is 5.10 Å². The summed E-state index contributed by atoms with van der Waals surface area (Å²) in [4.78, 5) is 28.3. The molecule has 2 atom stereocenters. The van der Waals surface area contributed by atoms with E-state index in [2.05, 4.69) is 10.1 Å². The van der Waals surface area contributed by atoms with Crippen LogP contribution in [0.2, 0.25) is 5.15 Å². The zero-order valence-corrected chi connectivity index (χ0v) is 13.4. The normalized spacial score (nSPS) is 19.6. The fraction of sp³-hybridized carbons (Fsp3) is 0.250. The summed E-state index contributed by atoms with van der Waals surface area (Å²) in [6.45, 7) is 0. The monoisotopic (exact) mass is 346 g/mol. The Morgan fingerprint density at radius 3 is 2.79 bits per heavy atom. The number of pyridine rings is 2. The zero-order chi connectivity index (χ0) is 17.0. The summed E-state index contributed by atoms with van der Waals surface area (Å²) in [5.41, 5.74) is 0.0826. The Morgan fingerprint density at radius 2 is 2.04 bits per heavy atom. The van der Waals surface area contributed by atoms with Gasteiger partial charge in [0.05, 0.1) is 11.6 Å². The van der Waals surface area contributed by atoms with Crippen molar-refractivity contribution in [2.24, 2.45) is 7.05 Å².